The van der Waals surface area contributed by atoms with Crippen LogP contribution < -0.4 is 4.74 Å². The van der Waals surface area contributed by atoms with Gasteiger partial charge < -0.3 is 14.7 Å². The minimum atomic E-state index is -0.877. The SMILES string of the molecule is CC(C)(C)N(CC1(COc2cncc(Br)c2)CC1)C(=O)O. The average Bonchev–Trinajstić information content (AvgIpc) is 3.13. The Morgan fingerprint density at radius 2 is 2.14 bits per heavy atom. The molecule has 1 aliphatic carbocycles. The fraction of sp³-hybridized carbons (Fsp3) is 0.600. The fourth-order valence-electron chi connectivity index (χ4n) is 2.16. The topological polar surface area (TPSA) is 62.7 Å². The van der Waals surface area contributed by atoms with Gasteiger partial charge >= 0.3 is 6.09 Å². The molecule has 1 aliphatic rings. The van der Waals surface area contributed by atoms with Gasteiger partial charge in [0.15, 0.2) is 0 Å². The van der Waals surface area contributed by atoms with Gasteiger partial charge in [-0.15, -0.1) is 0 Å². The van der Waals surface area contributed by atoms with Crippen LogP contribution in [0.4, 0.5) is 4.79 Å². The number of amides is 1. The molecule has 1 N–H and O–H groups in total. The van der Waals surface area contributed by atoms with Crippen molar-refractivity contribution in [2.45, 2.75) is 39.2 Å². The van der Waals surface area contributed by atoms with Gasteiger partial charge in [-0.2, -0.15) is 0 Å². The molecular formula is C15H21BrN2O3. The van der Waals surface area contributed by atoms with Gasteiger partial charge in [0.05, 0.1) is 12.8 Å². The van der Waals surface area contributed by atoms with Crippen molar-refractivity contribution in [1.29, 1.82) is 0 Å². The second-order valence-corrected chi connectivity index (χ2v) is 7.58. The van der Waals surface area contributed by atoms with E-state index in [0.29, 0.717) is 18.9 Å². The zero-order chi connectivity index (χ0) is 15.7. The van der Waals surface area contributed by atoms with Gasteiger partial charge in [0.1, 0.15) is 5.75 Å². The number of aromatic nitrogens is 1. The summed E-state index contributed by atoms with van der Waals surface area (Å²) in [5.41, 5.74) is -0.466. The molecule has 2 rings (SSSR count). The van der Waals surface area contributed by atoms with Gasteiger partial charge in [-0.25, -0.2) is 4.79 Å². The second-order valence-electron chi connectivity index (χ2n) is 6.67. The van der Waals surface area contributed by atoms with Crippen molar-refractivity contribution in [2.75, 3.05) is 13.2 Å². The smallest absolute Gasteiger partial charge is 0.407 e. The predicted molar refractivity (Wildman–Crippen MR) is 83.6 cm³/mol. The third-order valence-electron chi connectivity index (χ3n) is 3.72. The largest absolute Gasteiger partial charge is 0.491 e. The van der Waals surface area contributed by atoms with Crippen molar-refractivity contribution in [2.24, 2.45) is 5.41 Å². The summed E-state index contributed by atoms with van der Waals surface area (Å²) in [6.07, 6.45) is 4.48. The lowest BCUT2D eigenvalue weighted by Gasteiger charge is -2.36. The highest BCUT2D eigenvalue weighted by atomic mass is 79.9. The number of rotatable bonds is 5. The van der Waals surface area contributed by atoms with E-state index in [9.17, 15) is 9.90 Å². The first-order valence-corrected chi connectivity index (χ1v) is 7.75. The number of hydrogen-bond acceptors (Lipinski definition) is 3. The molecule has 0 saturated heterocycles. The van der Waals surface area contributed by atoms with Crippen LogP contribution in [0.1, 0.15) is 33.6 Å². The molecule has 0 bridgehead atoms. The monoisotopic (exact) mass is 356 g/mol. The van der Waals surface area contributed by atoms with Gasteiger partial charge in [-0.1, -0.05) is 0 Å². The Balaban J connectivity index is 1.98. The quantitative estimate of drug-likeness (QED) is 0.871. The summed E-state index contributed by atoms with van der Waals surface area (Å²) in [5.74, 6) is 0.702. The molecule has 1 saturated carbocycles. The number of nitrogens with zero attached hydrogens (tertiary/aromatic N) is 2. The van der Waals surface area contributed by atoms with Crippen LogP contribution in [0, 0.1) is 5.41 Å². The molecule has 0 unspecified atom stereocenters. The third-order valence-corrected chi connectivity index (χ3v) is 4.15. The molecule has 0 aliphatic heterocycles. The van der Waals surface area contributed by atoms with E-state index in [2.05, 4.69) is 20.9 Å². The maximum atomic E-state index is 11.4. The molecule has 1 amide bonds. The van der Waals surface area contributed by atoms with Crippen LogP contribution in [0.15, 0.2) is 22.9 Å². The Morgan fingerprint density at radius 1 is 1.48 bits per heavy atom. The maximum Gasteiger partial charge on any atom is 0.407 e. The van der Waals surface area contributed by atoms with Crippen LogP contribution in [-0.2, 0) is 0 Å². The summed E-state index contributed by atoms with van der Waals surface area (Å²) in [5, 5.41) is 9.39. The first-order chi connectivity index (χ1) is 9.72. The summed E-state index contributed by atoms with van der Waals surface area (Å²) in [4.78, 5) is 17.0. The molecule has 1 aromatic heterocycles. The minimum absolute atomic E-state index is 0.0615. The van der Waals surface area contributed by atoms with Crippen LogP contribution >= 0.6 is 15.9 Å². The Morgan fingerprint density at radius 3 is 2.62 bits per heavy atom. The molecule has 1 fully saturated rings. The molecule has 1 aromatic rings. The van der Waals surface area contributed by atoms with Crippen molar-refractivity contribution in [3.63, 3.8) is 0 Å². The molecule has 1 heterocycles. The van der Waals surface area contributed by atoms with Gasteiger partial charge in [0.2, 0.25) is 0 Å². The minimum Gasteiger partial charge on any atom is -0.491 e. The van der Waals surface area contributed by atoms with E-state index < -0.39 is 11.6 Å². The van der Waals surface area contributed by atoms with Crippen molar-refractivity contribution < 1.29 is 14.6 Å². The number of ether oxygens (including phenoxy) is 1. The first kappa shape index (κ1) is 16.1. The molecular weight excluding hydrogens is 336 g/mol. The summed E-state index contributed by atoms with van der Waals surface area (Å²) >= 11 is 3.36. The summed E-state index contributed by atoms with van der Waals surface area (Å²) in [6, 6.07) is 1.86. The molecule has 0 atom stereocenters. The van der Waals surface area contributed by atoms with E-state index in [4.69, 9.17) is 4.74 Å². The van der Waals surface area contributed by atoms with Gasteiger partial charge in [0, 0.05) is 28.2 Å². The Hall–Kier alpha value is -1.30. The summed E-state index contributed by atoms with van der Waals surface area (Å²) < 4.78 is 6.66. The molecule has 0 aromatic carbocycles. The number of pyridine rings is 1. The van der Waals surface area contributed by atoms with E-state index in [1.807, 2.05) is 26.8 Å². The van der Waals surface area contributed by atoms with Crippen LogP contribution in [0.5, 0.6) is 5.75 Å². The lowest BCUT2D eigenvalue weighted by molar-refractivity contribution is 0.0746. The highest BCUT2D eigenvalue weighted by Gasteiger charge is 2.47. The van der Waals surface area contributed by atoms with Crippen molar-refractivity contribution >= 4 is 22.0 Å². The van der Waals surface area contributed by atoms with Crippen molar-refractivity contribution in [1.82, 2.24) is 9.88 Å². The van der Waals surface area contributed by atoms with Crippen LogP contribution in [0.2, 0.25) is 0 Å². The van der Waals surface area contributed by atoms with Gasteiger partial charge in [-0.05, 0) is 55.6 Å². The number of carboxylic acid groups (broad SMARTS) is 1. The van der Waals surface area contributed by atoms with E-state index in [1.54, 1.807) is 12.4 Å². The molecule has 5 nitrogen and oxygen atoms in total. The lowest BCUT2D eigenvalue weighted by atomic mass is 10.0. The lowest BCUT2D eigenvalue weighted by Crippen LogP contribution is -2.48. The Bertz CT molecular complexity index is 524. The predicted octanol–water partition coefficient (Wildman–Crippen LogP) is 3.78. The van der Waals surface area contributed by atoms with E-state index >= 15 is 0 Å². The normalized spacial score (nSPS) is 16.4. The number of carbonyl (C=O) groups is 1. The fourth-order valence-corrected chi connectivity index (χ4v) is 2.50. The molecule has 21 heavy (non-hydrogen) atoms. The van der Waals surface area contributed by atoms with Crippen LogP contribution in [-0.4, -0.2) is 39.8 Å². The van der Waals surface area contributed by atoms with E-state index in [0.717, 1.165) is 17.3 Å². The summed E-state index contributed by atoms with van der Waals surface area (Å²) in [6.45, 7) is 6.76. The van der Waals surface area contributed by atoms with Crippen LogP contribution in [0.25, 0.3) is 0 Å². The Kier molecular flexibility index (Phi) is 4.46. The third kappa shape index (κ3) is 4.33. The maximum absolute atomic E-state index is 11.4. The van der Waals surface area contributed by atoms with Crippen LogP contribution in [0.3, 0.4) is 0 Å². The summed E-state index contributed by atoms with van der Waals surface area (Å²) in [7, 11) is 0. The zero-order valence-corrected chi connectivity index (χ0v) is 14.2. The highest BCUT2D eigenvalue weighted by Crippen LogP contribution is 2.47. The molecule has 0 radical (unpaired) electrons. The van der Waals surface area contributed by atoms with Crippen molar-refractivity contribution in [3.8, 4) is 5.75 Å². The second kappa shape index (κ2) is 5.83. The highest BCUT2D eigenvalue weighted by molar-refractivity contribution is 9.10. The first-order valence-electron chi connectivity index (χ1n) is 6.96. The molecule has 116 valence electrons. The van der Waals surface area contributed by atoms with Gasteiger partial charge in [0.25, 0.3) is 0 Å². The van der Waals surface area contributed by atoms with Crippen molar-refractivity contribution in [3.05, 3.63) is 22.9 Å². The standard InChI is InChI=1S/C15H21BrN2O3/c1-14(2,3)18(13(19)20)9-15(4-5-15)10-21-12-6-11(16)7-17-8-12/h6-8H,4-5,9-10H2,1-3H3,(H,19,20). The Labute approximate surface area is 133 Å². The number of halogens is 1. The molecule has 0 spiro atoms. The zero-order valence-electron chi connectivity index (χ0n) is 12.6. The van der Waals surface area contributed by atoms with Gasteiger partial charge in [-0.3, -0.25) is 4.98 Å². The molecule has 6 heteroatoms. The van der Waals surface area contributed by atoms with E-state index in [-0.39, 0.29) is 5.41 Å². The average molecular weight is 357 g/mol. The van der Waals surface area contributed by atoms with E-state index in [1.165, 1.54) is 4.90 Å². The number of hydrogen-bond donors (Lipinski definition) is 1.